The topological polar surface area (TPSA) is 16.1 Å². The van der Waals surface area contributed by atoms with Crippen LogP contribution in [0.15, 0.2) is 42.5 Å². The Bertz CT molecular complexity index is 853. The van der Waals surface area contributed by atoms with Crippen LogP contribution in [-0.2, 0) is 24.3 Å². The molecule has 0 amide bonds. The van der Waals surface area contributed by atoms with Crippen LogP contribution in [0.4, 0.5) is 30.7 Å². The average Bonchev–Trinajstić information content (AvgIpc) is 3.06. The van der Waals surface area contributed by atoms with Gasteiger partial charge in [0, 0.05) is 18.5 Å². The molecule has 1 aliphatic heterocycles. The highest BCUT2D eigenvalue weighted by molar-refractivity contribution is 5.36. The Hall–Kier alpha value is -2.16. The Morgan fingerprint density at radius 3 is 1.90 bits per heavy atom. The van der Waals surface area contributed by atoms with Crippen LogP contribution in [0.1, 0.15) is 42.8 Å². The first-order valence-electron chi connectivity index (χ1n) is 9.34. The van der Waals surface area contributed by atoms with Gasteiger partial charge >= 0.3 is 12.4 Å². The third-order valence-corrected chi connectivity index (χ3v) is 5.69. The van der Waals surface area contributed by atoms with Crippen molar-refractivity contribution < 1.29 is 30.7 Å². The molecule has 30 heavy (non-hydrogen) atoms. The van der Waals surface area contributed by atoms with Crippen LogP contribution in [-0.4, -0.2) is 28.6 Å². The summed E-state index contributed by atoms with van der Waals surface area (Å²) in [7, 11) is 0. The molecule has 0 saturated carbocycles. The lowest BCUT2D eigenvalue weighted by molar-refractivity contribution is -0.150. The molecule has 0 aliphatic carbocycles. The van der Waals surface area contributed by atoms with E-state index in [1.165, 1.54) is 13.8 Å². The van der Waals surface area contributed by atoms with E-state index >= 15 is 4.39 Å². The van der Waals surface area contributed by atoms with E-state index in [9.17, 15) is 26.3 Å². The van der Waals surface area contributed by atoms with Crippen LogP contribution in [0.25, 0.3) is 0 Å². The average molecular weight is 434 g/mol. The Morgan fingerprint density at radius 1 is 0.900 bits per heavy atom. The highest BCUT2D eigenvalue weighted by Crippen LogP contribution is 2.48. The minimum atomic E-state index is -5.08. The molecule has 2 aromatic rings. The van der Waals surface area contributed by atoms with Gasteiger partial charge < -0.3 is 0 Å². The quantitative estimate of drug-likeness (QED) is 0.548. The second-order valence-electron chi connectivity index (χ2n) is 8.12. The normalized spacial score (nSPS) is 21.2. The second kappa shape index (κ2) is 7.51. The van der Waals surface area contributed by atoms with E-state index in [0.717, 1.165) is 5.56 Å². The van der Waals surface area contributed by atoms with Crippen molar-refractivity contribution in [2.45, 2.75) is 50.2 Å². The number of likely N-dealkylation sites (tertiary alicyclic amines) is 1. The van der Waals surface area contributed by atoms with Gasteiger partial charge in [-0.15, -0.1) is 0 Å². The molecule has 0 bridgehead atoms. The molecule has 3 rings (SSSR count). The predicted molar refractivity (Wildman–Crippen MR) is 97.4 cm³/mol. The monoisotopic (exact) mass is 434 g/mol. The van der Waals surface area contributed by atoms with Gasteiger partial charge in [-0.25, -0.2) is 9.37 Å². The van der Waals surface area contributed by atoms with Crippen LogP contribution in [0.5, 0.6) is 0 Å². The van der Waals surface area contributed by atoms with E-state index in [0.29, 0.717) is 25.2 Å². The smallest absolute Gasteiger partial charge is 0.298 e. The largest absolute Gasteiger partial charge is 0.433 e. The Labute approximate surface area is 169 Å². The van der Waals surface area contributed by atoms with Crippen molar-refractivity contribution in [2.75, 3.05) is 13.1 Å². The summed E-state index contributed by atoms with van der Waals surface area (Å²) in [4.78, 5) is 4.61. The van der Waals surface area contributed by atoms with Gasteiger partial charge in [0.1, 0.15) is 17.1 Å². The van der Waals surface area contributed by atoms with Crippen molar-refractivity contribution in [3.05, 3.63) is 65.0 Å². The summed E-state index contributed by atoms with van der Waals surface area (Å²) < 4.78 is 95.0. The van der Waals surface area contributed by atoms with Crippen LogP contribution in [0, 0.1) is 0 Å². The molecule has 0 N–H and O–H groups in total. The fraction of sp³-hybridized carbons (Fsp3) is 0.476. The van der Waals surface area contributed by atoms with Crippen LogP contribution in [0.2, 0.25) is 0 Å². The second-order valence-corrected chi connectivity index (χ2v) is 8.12. The molecule has 1 aromatic carbocycles. The maximum Gasteiger partial charge on any atom is 0.433 e. The van der Waals surface area contributed by atoms with Crippen molar-refractivity contribution in [1.82, 2.24) is 9.88 Å². The van der Waals surface area contributed by atoms with Gasteiger partial charge in [-0.3, -0.25) is 4.90 Å². The van der Waals surface area contributed by atoms with Crippen LogP contribution < -0.4 is 0 Å². The molecule has 0 spiro atoms. The fourth-order valence-corrected chi connectivity index (χ4v) is 4.03. The van der Waals surface area contributed by atoms with Crippen molar-refractivity contribution in [2.24, 2.45) is 0 Å². The number of halogens is 7. The van der Waals surface area contributed by atoms with Crippen molar-refractivity contribution in [1.29, 1.82) is 0 Å². The molecule has 1 atom stereocenters. The predicted octanol–water partition coefficient (Wildman–Crippen LogP) is 6.01. The standard InChI is InChI=1S/C21H21F7N2/c1-18(2,22)19(8-9-30(13-19)12-14-6-4-3-5-7-14)15-10-16(20(23,24)25)29-17(11-15)21(26,27)28/h3-7,10-11H,8-9,12-13H2,1-2H3. The summed E-state index contributed by atoms with van der Waals surface area (Å²) in [5.74, 6) is 0. The summed E-state index contributed by atoms with van der Waals surface area (Å²) in [5.41, 5.74) is -6.35. The number of hydrogen-bond acceptors (Lipinski definition) is 2. The molecule has 1 aromatic heterocycles. The molecule has 0 radical (unpaired) electrons. The third kappa shape index (κ3) is 4.45. The number of pyridine rings is 1. The molecular formula is C21H21F7N2. The summed E-state index contributed by atoms with van der Waals surface area (Å²) in [6.07, 6.45) is -10.1. The minimum Gasteiger partial charge on any atom is -0.298 e. The van der Waals surface area contributed by atoms with Crippen molar-refractivity contribution in [3.8, 4) is 0 Å². The molecule has 9 heteroatoms. The van der Waals surface area contributed by atoms with E-state index < -0.39 is 34.8 Å². The summed E-state index contributed by atoms with van der Waals surface area (Å²) >= 11 is 0. The maximum absolute atomic E-state index is 15.4. The molecule has 164 valence electrons. The van der Waals surface area contributed by atoms with Gasteiger partial charge in [0.25, 0.3) is 0 Å². The SMILES string of the molecule is CC(C)(F)C1(c2cc(C(F)(F)F)nc(C(F)(F)F)c2)CCN(Cc2ccccc2)C1. The molecule has 1 aliphatic rings. The number of aromatic nitrogens is 1. The summed E-state index contributed by atoms with van der Waals surface area (Å²) in [5, 5.41) is 0. The zero-order valence-electron chi connectivity index (χ0n) is 16.4. The van der Waals surface area contributed by atoms with Crippen molar-refractivity contribution >= 4 is 0 Å². The van der Waals surface area contributed by atoms with E-state index in [1.807, 2.05) is 35.2 Å². The van der Waals surface area contributed by atoms with Gasteiger partial charge in [0.15, 0.2) is 0 Å². The Morgan fingerprint density at radius 2 is 1.43 bits per heavy atom. The number of hydrogen-bond donors (Lipinski definition) is 0. The lowest BCUT2D eigenvalue weighted by Crippen LogP contribution is -2.47. The van der Waals surface area contributed by atoms with E-state index in [-0.39, 0.29) is 18.5 Å². The van der Waals surface area contributed by atoms with Gasteiger partial charge in [0.05, 0.1) is 0 Å². The molecule has 1 fully saturated rings. The number of alkyl halides is 7. The number of benzene rings is 1. The fourth-order valence-electron chi connectivity index (χ4n) is 4.03. The molecule has 2 nitrogen and oxygen atoms in total. The first-order valence-corrected chi connectivity index (χ1v) is 9.34. The number of rotatable bonds is 4. The highest BCUT2D eigenvalue weighted by Gasteiger charge is 2.53. The Balaban J connectivity index is 2.07. The third-order valence-electron chi connectivity index (χ3n) is 5.69. The van der Waals surface area contributed by atoms with E-state index in [4.69, 9.17) is 0 Å². The lowest BCUT2D eigenvalue weighted by atomic mass is 9.69. The molecular weight excluding hydrogens is 413 g/mol. The first kappa shape index (κ1) is 22.5. The Kier molecular flexibility index (Phi) is 5.64. The van der Waals surface area contributed by atoms with Crippen molar-refractivity contribution in [3.63, 3.8) is 0 Å². The maximum atomic E-state index is 15.4. The van der Waals surface area contributed by atoms with Crippen LogP contribution >= 0.6 is 0 Å². The highest BCUT2D eigenvalue weighted by atomic mass is 19.4. The zero-order valence-corrected chi connectivity index (χ0v) is 16.4. The number of nitrogens with zero attached hydrogens (tertiary/aromatic N) is 2. The van der Waals surface area contributed by atoms with E-state index in [1.54, 1.807) is 0 Å². The summed E-state index contributed by atoms with van der Waals surface area (Å²) in [6.45, 7) is 3.14. The van der Waals surface area contributed by atoms with Gasteiger partial charge in [-0.1, -0.05) is 30.3 Å². The molecule has 1 unspecified atom stereocenters. The molecule has 2 heterocycles. The lowest BCUT2D eigenvalue weighted by Gasteiger charge is -2.39. The van der Waals surface area contributed by atoms with Gasteiger partial charge in [0.2, 0.25) is 0 Å². The zero-order chi connectivity index (χ0) is 22.4. The van der Waals surface area contributed by atoms with Crippen LogP contribution in [0.3, 0.4) is 0 Å². The van der Waals surface area contributed by atoms with Gasteiger partial charge in [-0.2, -0.15) is 26.3 Å². The van der Waals surface area contributed by atoms with Gasteiger partial charge in [-0.05, 0) is 50.1 Å². The summed E-state index contributed by atoms with van der Waals surface area (Å²) in [6, 6.07) is 10.3. The molecule has 1 saturated heterocycles. The van der Waals surface area contributed by atoms with E-state index in [2.05, 4.69) is 4.98 Å². The minimum absolute atomic E-state index is 0.00992. The first-order chi connectivity index (χ1) is 13.7.